The maximum absolute atomic E-state index is 12.2. The predicted molar refractivity (Wildman–Crippen MR) is 42.8 cm³/mol. The van der Waals surface area contributed by atoms with Crippen molar-refractivity contribution >= 4 is 5.69 Å². The van der Waals surface area contributed by atoms with Gasteiger partial charge in [-0.05, 0) is 18.6 Å². The highest BCUT2D eigenvalue weighted by molar-refractivity contribution is 5.39. The van der Waals surface area contributed by atoms with Crippen LogP contribution in [0, 0.1) is 17.0 Å². The van der Waals surface area contributed by atoms with E-state index in [9.17, 15) is 18.9 Å². The Hall–Kier alpha value is -1.52. The Kier molecular flexibility index (Phi) is 2.55. The third-order valence-corrected chi connectivity index (χ3v) is 1.70. The Morgan fingerprint density at radius 2 is 2.08 bits per heavy atom. The lowest BCUT2D eigenvalue weighted by Gasteiger charge is -2.02. The molecule has 13 heavy (non-hydrogen) atoms. The van der Waals surface area contributed by atoms with E-state index in [-0.39, 0.29) is 16.8 Å². The summed E-state index contributed by atoms with van der Waals surface area (Å²) in [4.78, 5) is 9.64. The van der Waals surface area contributed by atoms with E-state index in [1.54, 1.807) is 0 Å². The topological polar surface area (TPSA) is 43.1 Å². The summed E-state index contributed by atoms with van der Waals surface area (Å²) in [6.45, 7) is 1.43. The van der Waals surface area contributed by atoms with Gasteiger partial charge in [0.25, 0.3) is 12.1 Å². The van der Waals surface area contributed by atoms with Gasteiger partial charge in [-0.3, -0.25) is 10.1 Å². The van der Waals surface area contributed by atoms with E-state index < -0.39 is 11.3 Å². The van der Waals surface area contributed by atoms with Crippen molar-refractivity contribution in [3.05, 3.63) is 39.4 Å². The fourth-order valence-electron chi connectivity index (χ4n) is 1.02. The number of halogens is 2. The quantitative estimate of drug-likeness (QED) is 0.527. The van der Waals surface area contributed by atoms with E-state index >= 15 is 0 Å². The van der Waals surface area contributed by atoms with E-state index in [1.165, 1.54) is 6.92 Å². The highest BCUT2D eigenvalue weighted by Crippen LogP contribution is 2.25. The van der Waals surface area contributed by atoms with Crippen LogP contribution in [0.15, 0.2) is 18.2 Å². The van der Waals surface area contributed by atoms with Crippen molar-refractivity contribution < 1.29 is 13.7 Å². The number of aryl methyl sites for hydroxylation is 1. The lowest BCUT2D eigenvalue weighted by Crippen LogP contribution is -1.93. The first-order chi connectivity index (χ1) is 6.02. The molecule has 0 amide bonds. The van der Waals surface area contributed by atoms with Gasteiger partial charge < -0.3 is 0 Å². The molecule has 0 aliphatic heterocycles. The fraction of sp³-hybridized carbons (Fsp3) is 0.250. The number of non-ortho nitro benzene ring substituents is 1. The van der Waals surface area contributed by atoms with Crippen LogP contribution < -0.4 is 0 Å². The summed E-state index contributed by atoms with van der Waals surface area (Å²) in [5, 5.41) is 10.3. The first-order valence-electron chi connectivity index (χ1n) is 3.55. The maximum atomic E-state index is 12.2. The highest BCUT2D eigenvalue weighted by atomic mass is 19.3. The van der Waals surface area contributed by atoms with Gasteiger partial charge in [0, 0.05) is 17.7 Å². The minimum absolute atomic E-state index is 0.161. The van der Waals surface area contributed by atoms with Gasteiger partial charge in [-0.25, -0.2) is 8.78 Å². The third-order valence-electron chi connectivity index (χ3n) is 1.70. The second kappa shape index (κ2) is 3.47. The fourth-order valence-corrected chi connectivity index (χ4v) is 1.02. The summed E-state index contributed by atoms with van der Waals surface area (Å²) in [5.41, 5.74) is -0.0864. The van der Waals surface area contributed by atoms with Crippen LogP contribution in [-0.4, -0.2) is 4.92 Å². The van der Waals surface area contributed by atoms with Crippen molar-refractivity contribution in [3.63, 3.8) is 0 Å². The Bertz CT molecular complexity index is 339. The summed E-state index contributed by atoms with van der Waals surface area (Å²) in [7, 11) is 0. The summed E-state index contributed by atoms with van der Waals surface area (Å²) in [6.07, 6.45) is -2.58. The minimum Gasteiger partial charge on any atom is -0.258 e. The minimum atomic E-state index is -2.58. The van der Waals surface area contributed by atoms with Crippen molar-refractivity contribution in [1.82, 2.24) is 0 Å². The van der Waals surface area contributed by atoms with Gasteiger partial charge in [-0.1, -0.05) is 0 Å². The molecule has 70 valence electrons. The van der Waals surface area contributed by atoms with Crippen LogP contribution in [0.2, 0.25) is 0 Å². The highest BCUT2D eigenvalue weighted by Gasteiger charge is 2.13. The molecule has 0 bridgehead atoms. The average Bonchev–Trinajstić information content (AvgIpc) is 2.03. The van der Waals surface area contributed by atoms with Crippen molar-refractivity contribution in [1.29, 1.82) is 0 Å². The van der Waals surface area contributed by atoms with E-state index in [1.807, 2.05) is 0 Å². The first-order valence-corrected chi connectivity index (χ1v) is 3.55. The molecule has 1 aromatic rings. The van der Waals surface area contributed by atoms with Crippen molar-refractivity contribution in [2.75, 3.05) is 0 Å². The molecule has 0 saturated carbocycles. The second-order valence-corrected chi connectivity index (χ2v) is 2.60. The number of nitrogens with zero attached hydrogens (tertiary/aromatic N) is 1. The smallest absolute Gasteiger partial charge is 0.258 e. The van der Waals surface area contributed by atoms with Crippen LogP contribution in [-0.2, 0) is 0 Å². The summed E-state index contributed by atoms with van der Waals surface area (Å²) in [5.74, 6) is 0. The third kappa shape index (κ3) is 1.99. The number of hydrogen-bond donors (Lipinski definition) is 0. The summed E-state index contributed by atoms with van der Waals surface area (Å²) in [6, 6.07) is 3.30. The second-order valence-electron chi connectivity index (χ2n) is 2.60. The van der Waals surface area contributed by atoms with Gasteiger partial charge in [0.15, 0.2) is 0 Å². The van der Waals surface area contributed by atoms with Gasteiger partial charge in [0.1, 0.15) is 0 Å². The number of rotatable bonds is 2. The number of nitro groups is 1. The molecule has 0 unspecified atom stereocenters. The Morgan fingerprint density at radius 1 is 1.46 bits per heavy atom. The Balaban J connectivity index is 3.13. The van der Waals surface area contributed by atoms with Gasteiger partial charge >= 0.3 is 0 Å². The molecule has 0 fully saturated rings. The van der Waals surface area contributed by atoms with Crippen LogP contribution >= 0.6 is 0 Å². The number of alkyl halides is 2. The molecule has 1 rings (SSSR count). The largest absolute Gasteiger partial charge is 0.269 e. The molecule has 0 aliphatic carbocycles. The number of nitro benzene ring substituents is 1. The molecule has 5 heteroatoms. The monoisotopic (exact) mass is 187 g/mol. The van der Waals surface area contributed by atoms with Gasteiger partial charge in [0.2, 0.25) is 0 Å². The van der Waals surface area contributed by atoms with Crippen molar-refractivity contribution in [3.8, 4) is 0 Å². The maximum Gasteiger partial charge on any atom is 0.269 e. The van der Waals surface area contributed by atoms with Crippen LogP contribution in [0.5, 0.6) is 0 Å². The summed E-state index contributed by atoms with van der Waals surface area (Å²) < 4.78 is 24.4. The molecule has 0 aliphatic rings. The van der Waals surface area contributed by atoms with E-state index in [4.69, 9.17) is 0 Å². The molecule has 0 N–H and O–H groups in total. The van der Waals surface area contributed by atoms with Crippen LogP contribution in [0.25, 0.3) is 0 Å². The van der Waals surface area contributed by atoms with Crippen LogP contribution in [0.4, 0.5) is 14.5 Å². The molecule has 0 atom stereocenters. The average molecular weight is 187 g/mol. The molecule has 0 saturated heterocycles. The van der Waals surface area contributed by atoms with Crippen molar-refractivity contribution in [2.45, 2.75) is 13.3 Å². The predicted octanol–water partition coefficient (Wildman–Crippen LogP) is 2.84. The molecule has 1 aromatic carbocycles. The zero-order chi connectivity index (χ0) is 10.0. The van der Waals surface area contributed by atoms with E-state index in [0.29, 0.717) is 0 Å². The molecular weight excluding hydrogens is 180 g/mol. The Labute approximate surface area is 73.1 Å². The SMILES string of the molecule is Cc1cc([N+](=O)[O-])ccc1C(F)F. The lowest BCUT2D eigenvalue weighted by molar-refractivity contribution is -0.384. The van der Waals surface area contributed by atoms with Crippen LogP contribution in [0.3, 0.4) is 0 Å². The van der Waals surface area contributed by atoms with Gasteiger partial charge in [-0.15, -0.1) is 0 Å². The zero-order valence-electron chi connectivity index (χ0n) is 6.83. The molecule has 3 nitrogen and oxygen atoms in total. The van der Waals surface area contributed by atoms with Crippen molar-refractivity contribution in [2.24, 2.45) is 0 Å². The molecule has 0 heterocycles. The first kappa shape index (κ1) is 9.57. The van der Waals surface area contributed by atoms with E-state index in [2.05, 4.69) is 0 Å². The molecule has 0 aromatic heterocycles. The number of hydrogen-bond acceptors (Lipinski definition) is 2. The molecule has 0 radical (unpaired) electrons. The lowest BCUT2D eigenvalue weighted by atomic mass is 10.1. The zero-order valence-corrected chi connectivity index (χ0v) is 6.83. The number of benzene rings is 1. The normalized spacial score (nSPS) is 10.5. The van der Waals surface area contributed by atoms with Crippen LogP contribution in [0.1, 0.15) is 17.6 Å². The van der Waals surface area contributed by atoms with Gasteiger partial charge in [0.05, 0.1) is 4.92 Å². The molecular formula is C8H7F2NO2. The standard InChI is InChI=1S/C8H7F2NO2/c1-5-4-6(11(12)13)2-3-7(5)8(9)10/h2-4,8H,1H3. The Morgan fingerprint density at radius 3 is 2.46 bits per heavy atom. The molecule has 0 spiro atoms. The van der Waals surface area contributed by atoms with Gasteiger partial charge in [-0.2, -0.15) is 0 Å². The van der Waals surface area contributed by atoms with E-state index in [0.717, 1.165) is 18.2 Å². The summed E-state index contributed by atoms with van der Waals surface area (Å²) >= 11 is 0.